The molecule has 1 atom stereocenters. The van der Waals surface area contributed by atoms with Crippen LogP contribution < -0.4 is 11.1 Å². The summed E-state index contributed by atoms with van der Waals surface area (Å²) in [5.74, 6) is 0. The van der Waals surface area contributed by atoms with Gasteiger partial charge in [0.1, 0.15) is 0 Å². The maximum atomic E-state index is 5.69. The van der Waals surface area contributed by atoms with Crippen molar-refractivity contribution in [2.24, 2.45) is 5.73 Å². The molecule has 1 unspecified atom stereocenters. The first-order valence-electron chi connectivity index (χ1n) is 2.78. The van der Waals surface area contributed by atoms with E-state index in [1.807, 2.05) is 6.92 Å². The van der Waals surface area contributed by atoms with Crippen molar-refractivity contribution in [2.75, 3.05) is 19.9 Å². The van der Waals surface area contributed by atoms with Crippen molar-refractivity contribution in [3.05, 3.63) is 0 Å². The molecule has 0 aromatic rings. The zero-order valence-electron chi connectivity index (χ0n) is 5.11. The van der Waals surface area contributed by atoms with Crippen molar-refractivity contribution >= 4 is 0 Å². The number of hydrogen-bond acceptors (Lipinski definition) is 3. The molecule has 1 rings (SSSR count). The van der Waals surface area contributed by atoms with Gasteiger partial charge in [-0.05, 0) is 6.92 Å². The maximum absolute atomic E-state index is 5.69. The highest BCUT2D eigenvalue weighted by molar-refractivity contribution is 4.82. The minimum Gasteiger partial charge on any atom is -0.364 e. The van der Waals surface area contributed by atoms with Crippen LogP contribution in [0.1, 0.15) is 6.92 Å². The highest BCUT2D eigenvalue weighted by Gasteiger charge is 2.21. The van der Waals surface area contributed by atoms with Crippen LogP contribution in [0.4, 0.5) is 0 Å². The molecule has 3 N–H and O–H groups in total. The molecular formula is C5H12N2O. The zero-order chi connectivity index (χ0) is 6.04. The Labute approximate surface area is 49.2 Å². The van der Waals surface area contributed by atoms with Gasteiger partial charge in [0, 0.05) is 12.1 Å². The fraction of sp³-hybridized carbons (Fsp3) is 1.00. The monoisotopic (exact) mass is 116 g/mol. The fourth-order valence-electron chi connectivity index (χ4n) is 0.744. The maximum Gasteiger partial charge on any atom is 0.0966 e. The normalized spacial score (nSPS) is 39.8. The SMILES string of the molecule is CC1(N)CNCOC1. The van der Waals surface area contributed by atoms with E-state index in [2.05, 4.69) is 5.32 Å². The summed E-state index contributed by atoms with van der Waals surface area (Å²) in [5, 5.41) is 3.03. The van der Waals surface area contributed by atoms with E-state index < -0.39 is 0 Å². The Kier molecular flexibility index (Phi) is 1.51. The van der Waals surface area contributed by atoms with Crippen molar-refractivity contribution in [1.82, 2.24) is 5.32 Å². The zero-order valence-corrected chi connectivity index (χ0v) is 5.11. The first kappa shape index (κ1) is 6.01. The molecule has 3 nitrogen and oxygen atoms in total. The molecule has 3 heteroatoms. The molecule has 0 bridgehead atoms. The van der Waals surface area contributed by atoms with Crippen LogP contribution >= 0.6 is 0 Å². The van der Waals surface area contributed by atoms with Crippen molar-refractivity contribution in [3.63, 3.8) is 0 Å². The van der Waals surface area contributed by atoms with E-state index in [9.17, 15) is 0 Å². The van der Waals surface area contributed by atoms with Crippen LogP contribution in [-0.4, -0.2) is 25.4 Å². The van der Waals surface area contributed by atoms with Crippen molar-refractivity contribution in [1.29, 1.82) is 0 Å². The molecule has 0 aliphatic carbocycles. The quantitative estimate of drug-likeness (QED) is 0.439. The van der Waals surface area contributed by atoms with Crippen LogP contribution in [0.25, 0.3) is 0 Å². The van der Waals surface area contributed by atoms with Gasteiger partial charge in [-0.3, -0.25) is 5.32 Å². The average Bonchev–Trinajstić information content (AvgIpc) is 1.65. The minimum atomic E-state index is -0.155. The summed E-state index contributed by atoms with van der Waals surface area (Å²) < 4.78 is 5.05. The molecule has 0 radical (unpaired) electrons. The van der Waals surface area contributed by atoms with Crippen LogP contribution in [0, 0.1) is 0 Å². The molecule has 1 aliphatic heterocycles. The second kappa shape index (κ2) is 2.01. The van der Waals surface area contributed by atoms with E-state index >= 15 is 0 Å². The van der Waals surface area contributed by atoms with Gasteiger partial charge >= 0.3 is 0 Å². The Balaban J connectivity index is 2.33. The molecule has 1 heterocycles. The van der Waals surface area contributed by atoms with Crippen LogP contribution in [0.15, 0.2) is 0 Å². The minimum absolute atomic E-state index is 0.155. The molecule has 0 amide bonds. The second-order valence-electron chi connectivity index (χ2n) is 2.57. The lowest BCUT2D eigenvalue weighted by Gasteiger charge is -2.29. The lowest BCUT2D eigenvalue weighted by molar-refractivity contribution is 0.0377. The molecule has 8 heavy (non-hydrogen) atoms. The summed E-state index contributed by atoms with van der Waals surface area (Å²) in [6, 6.07) is 0. The molecule has 1 aliphatic rings. The molecule has 0 spiro atoms. The Morgan fingerprint density at radius 1 is 1.75 bits per heavy atom. The first-order valence-corrected chi connectivity index (χ1v) is 2.78. The lowest BCUT2D eigenvalue weighted by atomic mass is 10.1. The summed E-state index contributed by atoms with van der Waals surface area (Å²) >= 11 is 0. The van der Waals surface area contributed by atoms with Crippen LogP contribution in [0.3, 0.4) is 0 Å². The number of nitrogens with one attached hydrogen (secondary N) is 1. The Hall–Kier alpha value is -0.120. The number of hydrogen-bond donors (Lipinski definition) is 2. The summed E-state index contributed by atoms with van der Waals surface area (Å²) in [6.45, 7) is 4.14. The summed E-state index contributed by atoms with van der Waals surface area (Å²) in [7, 11) is 0. The third-order valence-corrected chi connectivity index (χ3v) is 1.16. The van der Waals surface area contributed by atoms with E-state index in [1.165, 1.54) is 0 Å². The Morgan fingerprint density at radius 2 is 2.50 bits per heavy atom. The molecule has 0 saturated carbocycles. The van der Waals surface area contributed by atoms with Gasteiger partial charge in [0.2, 0.25) is 0 Å². The highest BCUT2D eigenvalue weighted by atomic mass is 16.5. The van der Waals surface area contributed by atoms with Gasteiger partial charge < -0.3 is 10.5 Å². The smallest absolute Gasteiger partial charge is 0.0966 e. The average molecular weight is 116 g/mol. The molecule has 1 fully saturated rings. The standard InChI is InChI=1S/C5H12N2O/c1-5(6)2-7-4-8-3-5/h7H,2-4,6H2,1H3. The second-order valence-corrected chi connectivity index (χ2v) is 2.57. The highest BCUT2D eigenvalue weighted by Crippen LogP contribution is 2.00. The summed E-state index contributed by atoms with van der Waals surface area (Å²) in [5.41, 5.74) is 5.54. The number of ether oxygens (including phenoxy) is 1. The van der Waals surface area contributed by atoms with Crippen molar-refractivity contribution in [3.8, 4) is 0 Å². The summed E-state index contributed by atoms with van der Waals surface area (Å²) in [4.78, 5) is 0. The van der Waals surface area contributed by atoms with E-state index in [1.54, 1.807) is 0 Å². The molecule has 0 aromatic carbocycles. The van der Waals surface area contributed by atoms with E-state index in [0.717, 1.165) is 6.54 Å². The lowest BCUT2D eigenvalue weighted by Crippen LogP contribution is -2.54. The Morgan fingerprint density at radius 3 is 2.75 bits per heavy atom. The van der Waals surface area contributed by atoms with Gasteiger partial charge in [-0.2, -0.15) is 0 Å². The molecule has 0 aromatic heterocycles. The van der Waals surface area contributed by atoms with E-state index in [0.29, 0.717) is 13.3 Å². The van der Waals surface area contributed by atoms with Crippen LogP contribution in [0.5, 0.6) is 0 Å². The first-order chi connectivity index (χ1) is 3.71. The Bertz CT molecular complexity index is 74.5. The molecule has 48 valence electrons. The van der Waals surface area contributed by atoms with Gasteiger partial charge in [0.15, 0.2) is 0 Å². The predicted molar refractivity (Wildman–Crippen MR) is 31.4 cm³/mol. The van der Waals surface area contributed by atoms with Gasteiger partial charge in [-0.1, -0.05) is 0 Å². The van der Waals surface area contributed by atoms with Gasteiger partial charge in [0.05, 0.1) is 13.3 Å². The van der Waals surface area contributed by atoms with Gasteiger partial charge in [-0.15, -0.1) is 0 Å². The van der Waals surface area contributed by atoms with Gasteiger partial charge in [0.25, 0.3) is 0 Å². The van der Waals surface area contributed by atoms with E-state index in [-0.39, 0.29) is 5.54 Å². The van der Waals surface area contributed by atoms with Crippen LogP contribution in [0.2, 0.25) is 0 Å². The topological polar surface area (TPSA) is 47.3 Å². The number of rotatable bonds is 0. The molecular weight excluding hydrogens is 104 g/mol. The van der Waals surface area contributed by atoms with E-state index in [4.69, 9.17) is 10.5 Å². The van der Waals surface area contributed by atoms with Gasteiger partial charge in [-0.25, -0.2) is 0 Å². The van der Waals surface area contributed by atoms with Crippen LogP contribution in [-0.2, 0) is 4.74 Å². The predicted octanol–water partition coefficient (Wildman–Crippen LogP) is -0.719. The third-order valence-electron chi connectivity index (χ3n) is 1.16. The largest absolute Gasteiger partial charge is 0.364 e. The van der Waals surface area contributed by atoms with Crippen molar-refractivity contribution in [2.45, 2.75) is 12.5 Å². The molecule has 1 saturated heterocycles. The summed E-state index contributed by atoms with van der Waals surface area (Å²) in [6.07, 6.45) is 0. The third kappa shape index (κ3) is 1.43. The van der Waals surface area contributed by atoms with Crippen molar-refractivity contribution < 1.29 is 4.74 Å². The fourth-order valence-corrected chi connectivity index (χ4v) is 0.744. The number of nitrogens with two attached hydrogens (primary N) is 1.